The molecule has 1 saturated heterocycles. The van der Waals surface area contributed by atoms with Crippen LogP contribution in [0.5, 0.6) is 0 Å². The molecular weight excluding hydrogens is 368 g/mol. The molecule has 4 nitrogen and oxygen atoms in total. The first-order valence-corrected chi connectivity index (χ1v) is 9.86. The lowest BCUT2D eigenvalue weighted by Gasteiger charge is -2.46. The number of nitrogens with zero attached hydrogens (tertiary/aromatic N) is 1. The second kappa shape index (κ2) is 8.77. The van der Waals surface area contributed by atoms with Gasteiger partial charge in [-0.15, -0.1) is 0 Å². The highest BCUT2D eigenvalue weighted by atomic mass is 79.9. The third-order valence-corrected chi connectivity index (χ3v) is 6.06. The van der Waals surface area contributed by atoms with Crippen molar-refractivity contribution in [2.24, 2.45) is 0 Å². The minimum atomic E-state index is 0.211. The predicted octanol–water partition coefficient (Wildman–Crippen LogP) is 3.20. The summed E-state index contributed by atoms with van der Waals surface area (Å²) in [5.41, 5.74) is 1.38. The lowest BCUT2D eigenvalue weighted by atomic mass is 9.84. The van der Waals surface area contributed by atoms with Crippen LogP contribution in [-0.2, 0) is 16.0 Å². The predicted molar refractivity (Wildman–Crippen MR) is 100 cm³/mol. The third kappa shape index (κ3) is 4.38. The normalized spacial score (nSPS) is 28.7. The summed E-state index contributed by atoms with van der Waals surface area (Å²) in [5, 5.41) is 3.80. The van der Waals surface area contributed by atoms with Crippen molar-refractivity contribution >= 4 is 15.9 Å². The average molecular weight is 397 g/mol. The molecule has 134 valence electrons. The Kier molecular flexibility index (Phi) is 6.70. The number of hydrogen-bond donors (Lipinski definition) is 1. The van der Waals surface area contributed by atoms with Gasteiger partial charge in [0.05, 0.1) is 12.2 Å². The highest BCUT2D eigenvalue weighted by Gasteiger charge is 2.43. The minimum absolute atomic E-state index is 0.211. The first kappa shape index (κ1) is 18.3. The van der Waals surface area contributed by atoms with E-state index in [2.05, 4.69) is 50.4 Å². The highest BCUT2D eigenvalue weighted by Crippen LogP contribution is 2.28. The van der Waals surface area contributed by atoms with Crippen LogP contribution in [-0.4, -0.2) is 56.0 Å². The van der Waals surface area contributed by atoms with Crippen molar-refractivity contribution in [1.29, 1.82) is 0 Å². The van der Waals surface area contributed by atoms with Gasteiger partial charge < -0.3 is 14.8 Å². The number of methoxy groups -OCH3 is 1. The lowest BCUT2D eigenvalue weighted by Crippen LogP contribution is -2.62. The van der Waals surface area contributed by atoms with Gasteiger partial charge >= 0.3 is 0 Å². The molecule has 0 unspecified atom stereocenters. The smallest absolute Gasteiger partial charge is 0.0986 e. The summed E-state index contributed by atoms with van der Waals surface area (Å²) in [6.45, 7) is 6.15. The van der Waals surface area contributed by atoms with Crippen LogP contribution >= 0.6 is 15.9 Å². The monoisotopic (exact) mass is 396 g/mol. The van der Waals surface area contributed by atoms with Gasteiger partial charge in [-0.05, 0) is 50.9 Å². The van der Waals surface area contributed by atoms with E-state index in [-0.39, 0.29) is 12.2 Å². The van der Waals surface area contributed by atoms with Crippen LogP contribution in [0.3, 0.4) is 0 Å². The first-order valence-electron chi connectivity index (χ1n) is 9.07. The zero-order valence-electron chi connectivity index (χ0n) is 14.7. The number of hydrogen-bond acceptors (Lipinski definition) is 4. The molecule has 0 bridgehead atoms. The summed E-state index contributed by atoms with van der Waals surface area (Å²) in [6, 6.07) is 9.58. The lowest BCUT2D eigenvalue weighted by molar-refractivity contribution is -0.134. The molecule has 0 spiro atoms. The Morgan fingerprint density at radius 1 is 1.25 bits per heavy atom. The highest BCUT2D eigenvalue weighted by molar-refractivity contribution is 9.10. The van der Waals surface area contributed by atoms with Crippen LogP contribution in [0.4, 0.5) is 0 Å². The molecule has 24 heavy (non-hydrogen) atoms. The van der Waals surface area contributed by atoms with Crippen molar-refractivity contribution in [3.63, 3.8) is 0 Å². The van der Waals surface area contributed by atoms with Gasteiger partial charge in [0.25, 0.3) is 0 Å². The zero-order chi connectivity index (χ0) is 16.9. The van der Waals surface area contributed by atoms with Crippen LogP contribution in [0.2, 0.25) is 0 Å². The van der Waals surface area contributed by atoms with Crippen LogP contribution < -0.4 is 5.32 Å². The Hall–Kier alpha value is -0.460. The van der Waals surface area contributed by atoms with Gasteiger partial charge in [-0.3, -0.25) is 4.90 Å². The summed E-state index contributed by atoms with van der Waals surface area (Å²) in [4.78, 5) is 2.55. The summed E-state index contributed by atoms with van der Waals surface area (Å²) in [6.07, 6.45) is 3.97. The average Bonchev–Trinajstić information content (AvgIpc) is 2.58. The quantitative estimate of drug-likeness (QED) is 0.766. The zero-order valence-corrected chi connectivity index (χ0v) is 16.3. The number of rotatable bonds is 7. The van der Waals surface area contributed by atoms with E-state index in [1.54, 1.807) is 7.11 Å². The Morgan fingerprint density at radius 3 is 2.67 bits per heavy atom. The maximum absolute atomic E-state index is 5.72. The van der Waals surface area contributed by atoms with Crippen molar-refractivity contribution < 1.29 is 9.47 Å². The largest absolute Gasteiger partial charge is 0.377 e. The number of piperidine rings is 1. The Morgan fingerprint density at radius 2 is 2.00 bits per heavy atom. The molecular formula is C19H29BrN2O2. The van der Waals surface area contributed by atoms with Gasteiger partial charge in [-0.2, -0.15) is 0 Å². The first-order chi connectivity index (χ1) is 11.7. The third-order valence-electron chi connectivity index (χ3n) is 5.29. The second-order valence-electron chi connectivity index (χ2n) is 6.84. The molecule has 1 saturated carbocycles. The van der Waals surface area contributed by atoms with Gasteiger partial charge in [0, 0.05) is 36.8 Å². The molecule has 0 aromatic heterocycles. The molecule has 3 rings (SSSR count). The summed E-state index contributed by atoms with van der Waals surface area (Å²) in [5.74, 6) is 0. The molecule has 3 atom stereocenters. The van der Waals surface area contributed by atoms with Gasteiger partial charge in [-0.1, -0.05) is 34.1 Å². The number of likely N-dealkylation sites (tertiary alicyclic amines) is 1. The van der Waals surface area contributed by atoms with Gasteiger partial charge in [0.1, 0.15) is 0 Å². The molecule has 0 radical (unpaired) electrons. The minimum Gasteiger partial charge on any atom is -0.377 e. The van der Waals surface area contributed by atoms with E-state index in [1.165, 1.54) is 22.9 Å². The fourth-order valence-electron chi connectivity index (χ4n) is 3.87. The molecule has 1 N–H and O–H groups in total. The Balaban J connectivity index is 1.42. The molecule has 1 aliphatic heterocycles. The van der Waals surface area contributed by atoms with Crippen molar-refractivity contribution in [2.45, 2.75) is 57.0 Å². The molecule has 2 fully saturated rings. The number of benzene rings is 1. The van der Waals surface area contributed by atoms with Crippen LogP contribution in [0.15, 0.2) is 28.7 Å². The van der Waals surface area contributed by atoms with E-state index >= 15 is 0 Å². The number of nitrogens with one attached hydrogen (secondary N) is 1. The standard InChI is InChI=1S/C19H29BrN2O2/c1-3-24-18-12-17(19(18)23-2)21-15-8-10-22(11-9-15)13-14-6-4-5-7-16(14)20/h4-7,15,17-19,21H,3,8-13H2,1-2H3/t17-,18-,19-/m1/s1. The van der Waals surface area contributed by atoms with Crippen LogP contribution in [0.1, 0.15) is 31.7 Å². The summed E-state index contributed by atoms with van der Waals surface area (Å²) >= 11 is 3.65. The van der Waals surface area contributed by atoms with E-state index in [9.17, 15) is 0 Å². The van der Waals surface area contributed by atoms with Gasteiger partial charge in [-0.25, -0.2) is 0 Å². The fourth-order valence-corrected chi connectivity index (χ4v) is 4.28. The SMILES string of the molecule is CCO[C@@H]1C[C@@H](NC2CCN(Cc3ccccc3Br)CC2)[C@H]1OC. The molecule has 1 aromatic carbocycles. The second-order valence-corrected chi connectivity index (χ2v) is 7.70. The molecule has 1 aromatic rings. The summed E-state index contributed by atoms with van der Waals surface area (Å²) in [7, 11) is 1.80. The Labute approximate surface area is 154 Å². The Bertz CT molecular complexity index is 520. The van der Waals surface area contributed by atoms with Crippen molar-refractivity contribution in [3.05, 3.63) is 34.3 Å². The number of ether oxygens (including phenoxy) is 2. The number of halogens is 1. The van der Waals surface area contributed by atoms with Gasteiger partial charge in [0.2, 0.25) is 0 Å². The fraction of sp³-hybridized carbons (Fsp3) is 0.684. The van der Waals surface area contributed by atoms with Crippen LogP contribution in [0, 0.1) is 0 Å². The van der Waals surface area contributed by atoms with Crippen molar-refractivity contribution in [2.75, 3.05) is 26.8 Å². The molecule has 2 aliphatic rings. The van der Waals surface area contributed by atoms with Gasteiger partial charge in [0.15, 0.2) is 0 Å². The molecule has 0 amide bonds. The van der Waals surface area contributed by atoms with E-state index in [0.717, 1.165) is 32.7 Å². The van der Waals surface area contributed by atoms with E-state index in [1.807, 2.05) is 6.92 Å². The van der Waals surface area contributed by atoms with Crippen LogP contribution in [0.25, 0.3) is 0 Å². The van der Waals surface area contributed by atoms with E-state index in [4.69, 9.17) is 9.47 Å². The van der Waals surface area contributed by atoms with Crippen molar-refractivity contribution in [3.8, 4) is 0 Å². The summed E-state index contributed by atoms with van der Waals surface area (Å²) < 4.78 is 12.5. The topological polar surface area (TPSA) is 33.7 Å². The molecule has 1 heterocycles. The molecule has 1 aliphatic carbocycles. The van der Waals surface area contributed by atoms with Crippen molar-refractivity contribution in [1.82, 2.24) is 10.2 Å². The maximum Gasteiger partial charge on any atom is 0.0986 e. The van der Waals surface area contributed by atoms with E-state index in [0.29, 0.717) is 12.1 Å². The molecule has 5 heteroatoms. The van der Waals surface area contributed by atoms with E-state index < -0.39 is 0 Å². The maximum atomic E-state index is 5.72.